The van der Waals surface area contributed by atoms with Gasteiger partial charge in [0.25, 0.3) is 0 Å². The maximum atomic E-state index is 5.02. The highest BCUT2D eigenvalue weighted by Gasteiger charge is 2.11. The first-order valence-electron chi connectivity index (χ1n) is 5.96. The van der Waals surface area contributed by atoms with E-state index in [0.717, 1.165) is 26.2 Å². The lowest BCUT2D eigenvalue weighted by Crippen LogP contribution is -2.21. The summed E-state index contributed by atoms with van der Waals surface area (Å²) in [6.45, 7) is 3.72. The van der Waals surface area contributed by atoms with E-state index in [-0.39, 0.29) is 0 Å². The third kappa shape index (κ3) is 2.74. The molecule has 0 aliphatic carbocycles. The molecule has 0 spiro atoms. The highest BCUT2D eigenvalue weighted by atomic mass is 16.5. The van der Waals surface area contributed by atoms with Gasteiger partial charge in [0.15, 0.2) is 0 Å². The summed E-state index contributed by atoms with van der Waals surface area (Å²) in [7, 11) is 1.73. The fourth-order valence-corrected chi connectivity index (χ4v) is 2.15. The number of methoxy groups -OCH3 is 1. The predicted molar refractivity (Wildman–Crippen MR) is 66.8 cm³/mol. The zero-order chi connectivity index (χ0) is 11.2. The van der Waals surface area contributed by atoms with Crippen molar-refractivity contribution < 1.29 is 4.74 Å². The van der Waals surface area contributed by atoms with E-state index in [1.807, 2.05) is 0 Å². The molecule has 0 radical (unpaired) electrons. The number of ether oxygens (including phenoxy) is 1. The van der Waals surface area contributed by atoms with E-state index in [9.17, 15) is 0 Å². The van der Waals surface area contributed by atoms with Crippen molar-refractivity contribution in [2.24, 2.45) is 0 Å². The Morgan fingerprint density at radius 3 is 3.25 bits per heavy atom. The number of anilines is 1. The third-order valence-corrected chi connectivity index (χ3v) is 2.99. The second-order valence-corrected chi connectivity index (χ2v) is 4.14. The maximum Gasteiger partial charge on any atom is 0.0587 e. The zero-order valence-corrected chi connectivity index (χ0v) is 9.88. The molecule has 16 heavy (non-hydrogen) atoms. The number of fused-ring (bicyclic) bond motifs is 1. The van der Waals surface area contributed by atoms with Crippen LogP contribution < -0.4 is 10.6 Å². The third-order valence-electron chi connectivity index (χ3n) is 2.99. The predicted octanol–water partition coefficient (Wildman–Crippen LogP) is 1.78. The Morgan fingerprint density at radius 2 is 2.38 bits per heavy atom. The highest BCUT2D eigenvalue weighted by molar-refractivity contribution is 5.56. The van der Waals surface area contributed by atoms with E-state index in [2.05, 4.69) is 28.8 Å². The van der Waals surface area contributed by atoms with Crippen molar-refractivity contribution in [3.05, 3.63) is 29.3 Å². The minimum atomic E-state index is 0.771. The van der Waals surface area contributed by atoms with Gasteiger partial charge in [-0.15, -0.1) is 0 Å². The van der Waals surface area contributed by atoms with Crippen LogP contribution in [0.4, 0.5) is 5.69 Å². The molecule has 0 fully saturated rings. The molecule has 0 atom stereocenters. The minimum absolute atomic E-state index is 0.771. The average Bonchev–Trinajstić information content (AvgIpc) is 2.35. The van der Waals surface area contributed by atoms with E-state index in [1.165, 1.54) is 29.7 Å². The van der Waals surface area contributed by atoms with Crippen molar-refractivity contribution in [1.29, 1.82) is 0 Å². The van der Waals surface area contributed by atoms with Crippen LogP contribution in [0.2, 0.25) is 0 Å². The molecule has 1 aliphatic heterocycles. The van der Waals surface area contributed by atoms with Crippen LogP contribution in [0.5, 0.6) is 0 Å². The van der Waals surface area contributed by atoms with Gasteiger partial charge in [-0.25, -0.2) is 0 Å². The molecule has 0 aromatic heterocycles. The molecule has 3 nitrogen and oxygen atoms in total. The molecule has 2 N–H and O–H groups in total. The van der Waals surface area contributed by atoms with Crippen LogP contribution in [0.25, 0.3) is 0 Å². The largest absolute Gasteiger partial charge is 0.385 e. The van der Waals surface area contributed by atoms with Gasteiger partial charge in [-0.3, -0.25) is 0 Å². The van der Waals surface area contributed by atoms with Gasteiger partial charge >= 0.3 is 0 Å². The molecule has 2 rings (SSSR count). The molecule has 88 valence electrons. The monoisotopic (exact) mass is 220 g/mol. The molecule has 0 amide bonds. The number of nitrogens with one attached hydrogen (secondary N) is 2. The summed E-state index contributed by atoms with van der Waals surface area (Å²) in [4.78, 5) is 0. The molecule has 0 saturated carbocycles. The number of hydrogen-bond acceptors (Lipinski definition) is 3. The van der Waals surface area contributed by atoms with Gasteiger partial charge in [0.05, 0.1) is 6.61 Å². The zero-order valence-electron chi connectivity index (χ0n) is 9.88. The Labute approximate surface area is 97.2 Å². The molecule has 0 saturated heterocycles. The van der Waals surface area contributed by atoms with E-state index < -0.39 is 0 Å². The summed E-state index contributed by atoms with van der Waals surface area (Å²) in [5, 5.41) is 6.85. The lowest BCUT2D eigenvalue weighted by Gasteiger charge is -2.21. The maximum absolute atomic E-state index is 5.02. The Hall–Kier alpha value is -1.06. The van der Waals surface area contributed by atoms with Crippen molar-refractivity contribution >= 4 is 5.69 Å². The van der Waals surface area contributed by atoms with E-state index in [1.54, 1.807) is 7.11 Å². The van der Waals surface area contributed by atoms with Gasteiger partial charge in [-0.05, 0) is 30.0 Å². The molecule has 1 heterocycles. The summed E-state index contributed by atoms with van der Waals surface area (Å²) < 4.78 is 5.02. The molecule has 1 aliphatic rings. The van der Waals surface area contributed by atoms with Crippen LogP contribution in [0.1, 0.15) is 17.5 Å². The number of benzene rings is 1. The van der Waals surface area contributed by atoms with Crippen LogP contribution in [-0.4, -0.2) is 26.8 Å². The second kappa shape index (κ2) is 5.87. The second-order valence-electron chi connectivity index (χ2n) is 4.14. The average molecular weight is 220 g/mol. The minimum Gasteiger partial charge on any atom is -0.385 e. The molecule has 1 aromatic rings. The van der Waals surface area contributed by atoms with Crippen LogP contribution in [0.15, 0.2) is 18.2 Å². The lowest BCUT2D eigenvalue weighted by molar-refractivity contribution is 0.199. The summed E-state index contributed by atoms with van der Waals surface area (Å²) in [6.07, 6.45) is 2.44. The van der Waals surface area contributed by atoms with Gasteiger partial charge < -0.3 is 15.4 Å². The summed E-state index contributed by atoms with van der Waals surface area (Å²) in [5.41, 5.74) is 4.22. The van der Waals surface area contributed by atoms with E-state index in [0.29, 0.717) is 0 Å². The first-order chi connectivity index (χ1) is 7.92. The van der Waals surface area contributed by atoms with Crippen molar-refractivity contribution in [3.63, 3.8) is 0 Å². The fourth-order valence-electron chi connectivity index (χ4n) is 2.15. The summed E-state index contributed by atoms with van der Waals surface area (Å²) >= 11 is 0. The smallest absolute Gasteiger partial charge is 0.0587 e. The lowest BCUT2D eigenvalue weighted by atomic mass is 9.97. The van der Waals surface area contributed by atoms with Gasteiger partial charge in [-0.1, -0.05) is 12.1 Å². The van der Waals surface area contributed by atoms with Crippen LogP contribution in [-0.2, 0) is 17.7 Å². The quantitative estimate of drug-likeness (QED) is 0.742. The van der Waals surface area contributed by atoms with Crippen LogP contribution in [0, 0.1) is 0 Å². The normalized spacial score (nSPS) is 14.3. The van der Waals surface area contributed by atoms with Crippen LogP contribution in [0.3, 0.4) is 0 Å². The summed E-state index contributed by atoms with van der Waals surface area (Å²) in [5.74, 6) is 0. The van der Waals surface area contributed by atoms with Gasteiger partial charge in [-0.2, -0.15) is 0 Å². The van der Waals surface area contributed by atoms with Crippen molar-refractivity contribution in [3.8, 4) is 0 Å². The standard InChI is InChI=1S/C13H20N2O/c1-16-9-8-14-10-11-4-2-6-13-12(11)5-3-7-15-13/h2,4,6,14-15H,3,5,7-10H2,1H3. The van der Waals surface area contributed by atoms with E-state index in [4.69, 9.17) is 4.74 Å². The molecule has 0 bridgehead atoms. The SMILES string of the molecule is COCCNCc1cccc2c1CCCN2. The number of rotatable bonds is 5. The van der Waals surface area contributed by atoms with E-state index >= 15 is 0 Å². The molecule has 0 unspecified atom stereocenters. The molecule has 1 aromatic carbocycles. The number of hydrogen-bond donors (Lipinski definition) is 2. The summed E-state index contributed by atoms with van der Waals surface area (Å²) in [6, 6.07) is 6.52. The highest BCUT2D eigenvalue weighted by Crippen LogP contribution is 2.24. The van der Waals surface area contributed by atoms with Crippen molar-refractivity contribution in [2.75, 3.05) is 32.1 Å². The Morgan fingerprint density at radius 1 is 1.44 bits per heavy atom. The first kappa shape index (κ1) is 11.4. The molecular formula is C13H20N2O. The molecular weight excluding hydrogens is 200 g/mol. The van der Waals surface area contributed by atoms with Crippen molar-refractivity contribution in [2.45, 2.75) is 19.4 Å². The molecule has 3 heteroatoms. The Balaban J connectivity index is 1.97. The van der Waals surface area contributed by atoms with Gasteiger partial charge in [0, 0.05) is 32.4 Å². The van der Waals surface area contributed by atoms with Crippen LogP contribution >= 0.6 is 0 Å². The topological polar surface area (TPSA) is 33.3 Å². The van der Waals surface area contributed by atoms with Crippen molar-refractivity contribution in [1.82, 2.24) is 5.32 Å². The van der Waals surface area contributed by atoms with Gasteiger partial charge in [0.2, 0.25) is 0 Å². The Bertz CT molecular complexity index is 339. The first-order valence-corrected chi connectivity index (χ1v) is 5.96. The fraction of sp³-hybridized carbons (Fsp3) is 0.538. The Kier molecular flexibility index (Phi) is 4.19. The van der Waals surface area contributed by atoms with Gasteiger partial charge in [0.1, 0.15) is 0 Å².